The normalized spacial score (nSPS) is 29.6. The van der Waals surface area contributed by atoms with Crippen LogP contribution in [0.15, 0.2) is 0 Å². The van der Waals surface area contributed by atoms with Crippen molar-refractivity contribution in [1.29, 1.82) is 0 Å². The molecule has 2 atom stereocenters. The van der Waals surface area contributed by atoms with E-state index in [9.17, 15) is 0 Å². The Morgan fingerprint density at radius 1 is 1.35 bits per heavy atom. The highest BCUT2D eigenvalue weighted by atomic mass is 16.5. The standard InChI is InChI=1S/C15H29NO/c1-3-4-7-13(2)16-14-8-11-17-15(12-14)9-5-6-10-15/h13-14,16H,3-12H2,1-2H3. The van der Waals surface area contributed by atoms with Gasteiger partial charge in [-0.15, -0.1) is 0 Å². The lowest BCUT2D eigenvalue weighted by Crippen LogP contribution is -2.48. The predicted molar refractivity (Wildman–Crippen MR) is 72.3 cm³/mol. The predicted octanol–water partition coefficient (Wildman–Crippen LogP) is 3.65. The summed E-state index contributed by atoms with van der Waals surface area (Å²) in [5, 5.41) is 3.82. The zero-order chi connectivity index (χ0) is 12.1. The van der Waals surface area contributed by atoms with Crippen LogP contribution in [0.4, 0.5) is 0 Å². The van der Waals surface area contributed by atoms with Gasteiger partial charge < -0.3 is 10.1 Å². The first kappa shape index (κ1) is 13.4. The molecule has 0 aromatic heterocycles. The van der Waals surface area contributed by atoms with Crippen molar-refractivity contribution >= 4 is 0 Å². The van der Waals surface area contributed by atoms with Crippen molar-refractivity contribution < 1.29 is 4.74 Å². The van der Waals surface area contributed by atoms with Gasteiger partial charge in [0.25, 0.3) is 0 Å². The summed E-state index contributed by atoms with van der Waals surface area (Å²) in [4.78, 5) is 0. The molecule has 0 amide bonds. The molecular formula is C15H29NO. The van der Waals surface area contributed by atoms with Gasteiger partial charge in [-0.25, -0.2) is 0 Å². The molecule has 2 rings (SSSR count). The Bertz CT molecular complexity index is 223. The molecule has 1 N–H and O–H groups in total. The van der Waals surface area contributed by atoms with Gasteiger partial charge in [0.15, 0.2) is 0 Å². The van der Waals surface area contributed by atoms with Crippen molar-refractivity contribution in [3.63, 3.8) is 0 Å². The third-order valence-corrected chi connectivity index (χ3v) is 4.52. The number of hydrogen-bond donors (Lipinski definition) is 1. The third kappa shape index (κ3) is 3.69. The fourth-order valence-corrected chi connectivity index (χ4v) is 3.53. The second kappa shape index (κ2) is 6.19. The summed E-state index contributed by atoms with van der Waals surface area (Å²) < 4.78 is 6.08. The maximum absolute atomic E-state index is 6.08. The first-order chi connectivity index (χ1) is 8.24. The summed E-state index contributed by atoms with van der Waals surface area (Å²) in [6.07, 6.45) is 11.8. The molecule has 2 unspecified atom stereocenters. The first-order valence-electron chi connectivity index (χ1n) is 7.64. The Kier molecular flexibility index (Phi) is 4.87. The van der Waals surface area contributed by atoms with Crippen LogP contribution in [0.1, 0.15) is 71.6 Å². The fraction of sp³-hybridized carbons (Fsp3) is 1.00. The molecule has 2 nitrogen and oxygen atoms in total. The molecule has 100 valence electrons. The van der Waals surface area contributed by atoms with Crippen molar-refractivity contribution in [2.45, 2.75) is 89.3 Å². The molecule has 1 aliphatic carbocycles. The number of nitrogens with one attached hydrogen (secondary N) is 1. The average Bonchev–Trinajstić information content (AvgIpc) is 2.74. The van der Waals surface area contributed by atoms with E-state index in [0.29, 0.717) is 12.1 Å². The minimum Gasteiger partial charge on any atom is -0.375 e. The molecular weight excluding hydrogens is 210 g/mol. The van der Waals surface area contributed by atoms with Gasteiger partial charge in [0.2, 0.25) is 0 Å². The quantitative estimate of drug-likeness (QED) is 0.791. The summed E-state index contributed by atoms with van der Waals surface area (Å²) in [7, 11) is 0. The zero-order valence-electron chi connectivity index (χ0n) is 11.6. The number of ether oxygens (including phenoxy) is 1. The largest absolute Gasteiger partial charge is 0.375 e. The summed E-state index contributed by atoms with van der Waals surface area (Å²) in [5.41, 5.74) is 0.264. The SMILES string of the molecule is CCCCC(C)NC1CCOC2(CCCC2)C1. The van der Waals surface area contributed by atoms with E-state index in [2.05, 4.69) is 19.2 Å². The van der Waals surface area contributed by atoms with Gasteiger partial charge in [-0.1, -0.05) is 32.6 Å². The van der Waals surface area contributed by atoms with Crippen molar-refractivity contribution in [3.05, 3.63) is 0 Å². The highest BCUT2D eigenvalue weighted by Gasteiger charge is 2.39. The minimum absolute atomic E-state index is 0.264. The Balaban J connectivity index is 1.77. The minimum atomic E-state index is 0.264. The summed E-state index contributed by atoms with van der Waals surface area (Å²) in [6.45, 7) is 5.58. The Labute approximate surface area is 107 Å². The molecule has 0 radical (unpaired) electrons. The molecule has 2 aliphatic rings. The summed E-state index contributed by atoms with van der Waals surface area (Å²) in [6, 6.07) is 1.38. The molecule has 0 aromatic rings. The molecule has 2 heteroatoms. The van der Waals surface area contributed by atoms with E-state index >= 15 is 0 Å². The molecule has 1 saturated heterocycles. The van der Waals surface area contributed by atoms with Gasteiger partial charge in [0.05, 0.1) is 5.60 Å². The van der Waals surface area contributed by atoms with E-state index in [1.165, 1.54) is 57.8 Å². The molecule has 1 saturated carbocycles. The number of unbranched alkanes of at least 4 members (excludes halogenated alkanes) is 1. The van der Waals surface area contributed by atoms with Gasteiger partial charge in [0.1, 0.15) is 0 Å². The third-order valence-electron chi connectivity index (χ3n) is 4.52. The van der Waals surface area contributed by atoms with Crippen LogP contribution < -0.4 is 5.32 Å². The monoisotopic (exact) mass is 239 g/mol. The lowest BCUT2D eigenvalue weighted by Gasteiger charge is -2.39. The first-order valence-corrected chi connectivity index (χ1v) is 7.64. The van der Waals surface area contributed by atoms with Crippen LogP contribution in [-0.2, 0) is 4.74 Å². The smallest absolute Gasteiger partial charge is 0.0697 e. The Morgan fingerprint density at radius 3 is 2.82 bits per heavy atom. The number of hydrogen-bond acceptors (Lipinski definition) is 2. The zero-order valence-corrected chi connectivity index (χ0v) is 11.6. The maximum Gasteiger partial charge on any atom is 0.0697 e. The van der Waals surface area contributed by atoms with Crippen molar-refractivity contribution in [2.24, 2.45) is 0 Å². The maximum atomic E-state index is 6.08. The van der Waals surface area contributed by atoms with Crippen molar-refractivity contribution in [3.8, 4) is 0 Å². The van der Waals surface area contributed by atoms with E-state index in [4.69, 9.17) is 4.74 Å². The molecule has 1 aliphatic heterocycles. The Morgan fingerprint density at radius 2 is 2.12 bits per heavy atom. The second-order valence-electron chi connectivity index (χ2n) is 6.14. The van der Waals surface area contributed by atoms with Crippen LogP contribution in [0, 0.1) is 0 Å². The average molecular weight is 239 g/mol. The fourth-order valence-electron chi connectivity index (χ4n) is 3.53. The van der Waals surface area contributed by atoms with Gasteiger partial charge in [-0.05, 0) is 39.0 Å². The van der Waals surface area contributed by atoms with Crippen LogP contribution in [0.3, 0.4) is 0 Å². The van der Waals surface area contributed by atoms with Crippen LogP contribution in [0.25, 0.3) is 0 Å². The second-order valence-corrected chi connectivity index (χ2v) is 6.14. The molecule has 1 spiro atoms. The summed E-state index contributed by atoms with van der Waals surface area (Å²) >= 11 is 0. The van der Waals surface area contributed by atoms with Gasteiger partial charge in [-0.2, -0.15) is 0 Å². The van der Waals surface area contributed by atoms with Crippen molar-refractivity contribution in [1.82, 2.24) is 5.32 Å². The topological polar surface area (TPSA) is 21.3 Å². The van der Waals surface area contributed by atoms with E-state index in [0.717, 1.165) is 6.61 Å². The molecule has 1 heterocycles. The van der Waals surface area contributed by atoms with Gasteiger partial charge >= 0.3 is 0 Å². The lowest BCUT2D eigenvalue weighted by atomic mass is 9.88. The van der Waals surface area contributed by atoms with E-state index in [-0.39, 0.29) is 5.60 Å². The van der Waals surface area contributed by atoms with E-state index < -0.39 is 0 Å². The molecule has 17 heavy (non-hydrogen) atoms. The van der Waals surface area contributed by atoms with Crippen LogP contribution in [0.5, 0.6) is 0 Å². The molecule has 2 fully saturated rings. The summed E-state index contributed by atoms with van der Waals surface area (Å²) in [5.74, 6) is 0. The Hall–Kier alpha value is -0.0800. The lowest BCUT2D eigenvalue weighted by molar-refractivity contribution is -0.0846. The highest BCUT2D eigenvalue weighted by molar-refractivity contribution is 4.93. The highest BCUT2D eigenvalue weighted by Crippen LogP contribution is 2.40. The van der Waals surface area contributed by atoms with E-state index in [1.54, 1.807) is 0 Å². The van der Waals surface area contributed by atoms with Crippen molar-refractivity contribution in [2.75, 3.05) is 6.61 Å². The molecule has 0 bridgehead atoms. The van der Waals surface area contributed by atoms with Gasteiger partial charge in [0, 0.05) is 18.7 Å². The van der Waals surface area contributed by atoms with Gasteiger partial charge in [-0.3, -0.25) is 0 Å². The van der Waals surface area contributed by atoms with Crippen LogP contribution in [0.2, 0.25) is 0 Å². The molecule has 0 aromatic carbocycles. The van der Waals surface area contributed by atoms with Crippen LogP contribution >= 0.6 is 0 Å². The van der Waals surface area contributed by atoms with Crippen LogP contribution in [-0.4, -0.2) is 24.3 Å². The number of rotatable bonds is 5. The van der Waals surface area contributed by atoms with E-state index in [1.807, 2.05) is 0 Å².